The Kier molecular flexibility index (Phi) is 2.64. The van der Waals surface area contributed by atoms with Crippen molar-refractivity contribution in [2.75, 3.05) is 7.11 Å². The molecule has 1 aromatic heterocycles. The van der Waals surface area contributed by atoms with Crippen LogP contribution in [-0.4, -0.2) is 16.8 Å². The molecule has 0 aliphatic rings. The van der Waals surface area contributed by atoms with Gasteiger partial charge in [0.25, 0.3) is 0 Å². The van der Waals surface area contributed by atoms with Crippen LogP contribution in [0.2, 0.25) is 0 Å². The Morgan fingerprint density at radius 3 is 2.80 bits per heavy atom. The molecule has 0 saturated carbocycles. The second kappa shape index (κ2) is 3.95. The lowest BCUT2D eigenvalue weighted by Crippen LogP contribution is -2.00. The normalized spacial score (nSPS) is 10.9. The summed E-state index contributed by atoms with van der Waals surface area (Å²) in [5.41, 5.74) is 1.99. The number of methoxy groups -OCH3 is 1. The first-order chi connectivity index (χ1) is 7.31. The van der Waals surface area contributed by atoms with Crippen molar-refractivity contribution in [1.29, 1.82) is 0 Å². The number of hydrogen-bond acceptors (Lipinski definition) is 2. The van der Waals surface area contributed by atoms with Crippen molar-refractivity contribution in [3.05, 3.63) is 30.0 Å². The highest BCUT2D eigenvalue weighted by atomic mass is 16.5. The van der Waals surface area contributed by atoms with E-state index in [9.17, 15) is 5.11 Å². The van der Waals surface area contributed by atoms with Gasteiger partial charge in [0.15, 0.2) is 0 Å². The van der Waals surface area contributed by atoms with E-state index in [-0.39, 0.29) is 6.61 Å². The highest BCUT2D eigenvalue weighted by Gasteiger charge is 2.10. The van der Waals surface area contributed by atoms with Crippen molar-refractivity contribution in [3.8, 4) is 5.75 Å². The van der Waals surface area contributed by atoms with Crippen molar-refractivity contribution >= 4 is 10.9 Å². The van der Waals surface area contributed by atoms with E-state index in [1.54, 1.807) is 7.11 Å². The van der Waals surface area contributed by atoms with Gasteiger partial charge < -0.3 is 14.4 Å². The van der Waals surface area contributed by atoms with E-state index in [0.29, 0.717) is 0 Å². The molecule has 1 N–H and O–H groups in total. The van der Waals surface area contributed by atoms with Crippen LogP contribution in [0.1, 0.15) is 12.6 Å². The molecule has 2 rings (SSSR count). The van der Waals surface area contributed by atoms with Crippen LogP contribution < -0.4 is 4.74 Å². The number of rotatable bonds is 3. The fraction of sp³-hybridized carbons (Fsp3) is 0.333. The summed E-state index contributed by atoms with van der Waals surface area (Å²) in [6, 6.07) is 7.93. The number of aliphatic hydroxyl groups excluding tert-OH is 1. The quantitative estimate of drug-likeness (QED) is 0.833. The number of hydrogen-bond donors (Lipinski definition) is 1. The van der Waals surface area contributed by atoms with Gasteiger partial charge in [0, 0.05) is 17.6 Å². The number of para-hydroxylation sites is 1. The van der Waals surface area contributed by atoms with Crippen LogP contribution >= 0.6 is 0 Å². The molecule has 1 aromatic carbocycles. The van der Waals surface area contributed by atoms with Crippen molar-refractivity contribution in [2.24, 2.45) is 0 Å². The fourth-order valence-corrected chi connectivity index (χ4v) is 2.00. The molecule has 0 atom stereocenters. The molecule has 0 aliphatic carbocycles. The minimum absolute atomic E-state index is 0.0612. The molecule has 3 heteroatoms. The number of benzene rings is 1. The number of aromatic nitrogens is 1. The molecule has 0 fully saturated rings. The average molecular weight is 205 g/mol. The van der Waals surface area contributed by atoms with Gasteiger partial charge in [-0.1, -0.05) is 12.1 Å². The van der Waals surface area contributed by atoms with Gasteiger partial charge in [-0.15, -0.1) is 0 Å². The van der Waals surface area contributed by atoms with Gasteiger partial charge in [0.1, 0.15) is 5.75 Å². The zero-order valence-corrected chi connectivity index (χ0v) is 9.03. The fourth-order valence-electron chi connectivity index (χ4n) is 2.00. The van der Waals surface area contributed by atoms with Crippen LogP contribution in [-0.2, 0) is 13.2 Å². The molecule has 0 bridgehead atoms. The van der Waals surface area contributed by atoms with Crippen LogP contribution in [0.3, 0.4) is 0 Å². The number of aliphatic hydroxyl groups is 1. The summed E-state index contributed by atoms with van der Waals surface area (Å²) in [4.78, 5) is 0. The Morgan fingerprint density at radius 1 is 1.40 bits per heavy atom. The minimum atomic E-state index is 0.0612. The summed E-state index contributed by atoms with van der Waals surface area (Å²) >= 11 is 0. The maximum atomic E-state index is 9.25. The summed E-state index contributed by atoms with van der Waals surface area (Å²) in [6.07, 6.45) is 0. The summed E-state index contributed by atoms with van der Waals surface area (Å²) in [6.45, 7) is 2.95. The molecule has 0 saturated heterocycles. The van der Waals surface area contributed by atoms with Gasteiger partial charge in [-0.25, -0.2) is 0 Å². The SMILES string of the molecule is CCn1c(CO)cc2cccc(OC)c21. The zero-order chi connectivity index (χ0) is 10.8. The standard InChI is InChI=1S/C12H15NO2/c1-3-13-10(8-14)7-9-5-4-6-11(15-2)12(9)13/h4-7,14H,3,8H2,1-2H3. The maximum Gasteiger partial charge on any atom is 0.143 e. The molecule has 15 heavy (non-hydrogen) atoms. The highest BCUT2D eigenvalue weighted by molar-refractivity contribution is 5.87. The lowest BCUT2D eigenvalue weighted by Gasteiger charge is -2.08. The molecule has 0 radical (unpaired) electrons. The summed E-state index contributed by atoms with van der Waals surface area (Å²) in [5.74, 6) is 0.856. The zero-order valence-electron chi connectivity index (χ0n) is 9.03. The Labute approximate surface area is 88.9 Å². The van der Waals surface area contributed by atoms with Gasteiger partial charge in [0.05, 0.1) is 19.2 Å². The summed E-state index contributed by atoms with van der Waals surface area (Å²) < 4.78 is 7.40. The maximum absolute atomic E-state index is 9.25. The third-order valence-corrected chi connectivity index (χ3v) is 2.67. The van der Waals surface area contributed by atoms with Gasteiger partial charge in [-0.2, -0.15) is 0 Å². The van der Waals surface area contributed by atoms with Crippen LogP contribution in [0.15, 0.2) is 24.3 Å². The number of aryl methyl sites for hydroxylation is 1. The van der Waals surface area contributed by atoms with E-state index >= 15 is 0 Å². The first-order valence-electron chi connectivity index (χ1n) is 5.07. The largest absolute Gasteiger partial charge is 0.495 e. The Morgan fingerprint density at radius 2 is 2.20 bits per heavy atom. The van der Waals surface area contributed by atoms with E-state index in [2.05, 4.69) is 11.5 Å². The van der Waals surface area contributed by atoms with Crippen molar-refractivity contribution in [2.45, 2.75) is 20.1 Å². The van der Waals surface area contributed by atoms with Crippen LogP contribution in [0.4, 0.5) is 0 Å². The number of ether oxygens (including phenoxy) is 1. The highest BCUT2D eigenvalue weighted by Crippen LogP contribution is 2.28. The molecular weight excluding hydrogens is 190 g/mol. The topological polar surface area (TPSA) is 34.4 Å². The summed E-state index contributed by atoms with van der Waals surface area (Å²) in [5, 5.41) is 10.4. The molecule has 3 nitrogen and oxygen atoms in total. The van der Waals surface area contributed by atoms with E-state index in [1.807, 2.05) is 24.3 Å². The minimum Gasteiger partial charge on any atom is -0.495 e. The van der Waals surface area contributed by atoms with E-state index in [0.717, 1.165) is 28.9 Å². The molecule has 2 aromatic rings. The third-order valence-electron chi connectivity index (χ3n) is 2.67. The van der Waals surface area contributed by atoms with Crippen LogP contribution in [0.25, 0.3) is 10.9 Å². The molecule has 1 heterocycles. The van der Waals surface area contributed by atoms with Crippen LogP contribution in [0, 0.1) is 0 Å². The molecule has 0 spiro atoms. The predicted molar refractivity (Wildman–Crippen MR) is 60.1 cm³/mol. The van der Waals surface area contributed by atoms with Gasteiger partial charge in [0.2, 0.25) is 0 Å². The second-order valence-electron chi connectivity index (χ2n) is 3.44. The summed E-state index contributed by atoms with van der Waals surface area (Å²) in [7, 11) is 1.67. The second-order valence-corrected chi connectivity index (χ2v) is 3.44. The van der Waals surface area contributed by atoms with Gasteiger partial charge in [-0.3, -0.25) is 0 Å². The number of nitrogens with zero attached hydrogens (tertiary/aromatic N) is 1. The predicted octanol–water partition coefficient (Wildman–Crippen LogP) is 2.16. The van der Waals surface area contributed by atoms with Crippen LogP contribution in [0.5, 0.6) is 5.75 Å². The smallest absolute Gasteiger partial charge is 0.143 e. The molecule has 0 unspecified atom stereocenters. The van der Waals surface area contributed by atoms with Crippen molar-refractivity contribution < 1.29 is 9.84 Å². The van der Waals surface area contributed by atoms with Crippen molar-refractivity contribution in [1.82, 2.24) is 4.57 Å². The first-order valence-corrected chi connectivity index (χ1v) is 5.07. The first kappa shape index (κ1) is 10.1. The monoisotopic (exact) mass is 205 g/mol. The third kappa shape index (κ3) is 1.49. The Hall–Kier alpha value is -1.48. The molecule has 0 amide bonds. The Balaban J connectivity index is 2.78. The van der Waals surface area contributed by atoms with E-state index in [1.165, 1.54) is 0 Å². The number of fused-ring (bicyclic) bond motifs is 1. The molecule has 0 aliphatic heterocycles. The van der Waals surface area contributed by atoms with Crippen molar-refractivity contribution in [3.63, 3.8) is 0 Å². The lowest BCUT2D eigenvalue weighted by molar-refractivity contribution is 0.271. The van der Waals surface area contributed by atoms with Gasteiger partial charge >= 0.3 is 0 Å². The van der Waals surface area contributed by atoms with E-state index < -0.39 is 0 Å². The molecule has 80 valence electrons. The molecular formula is C12H15NO2. The lowest BCUT2D eigenvalue weighted by atomic mass is 10.2. The average Bonchev–Trinajstić information content (AvgIpc) is 2.66. The van der Waals surface area contributed by atoms with Gasteiger partial charge in [-0.05, 0) is 19.1 Å². The Bertz CT molecular complexity index is 474. The van der Waals surface area contributed by atoms with E-state index in [4.69, 9.17) is 4.74 Å².